The average Bonchev–Trinajstić information content (AvgIpc) is 1.95. The maximum Gasteiger partial charge on any atom is 0.417 e. The zero-order valence-electron chi connectivity index (χ0n) is 6.54. The fourth-order valence-corrected chi connectivity index (χ4v) is 1.81. The Labute approximate surface area is 86.8 Å². The summed E-state index contributed by atoms with van der Waals surface area (Å²) < 4.78 is 37.2. The Bertz CT molecular complexity index is 333. The van der Waals surface area contributed by atoms with Gasteiger partial charge in [0.1, 0.15) is 0 Å². The van der Waals surface area contributed by atoms with Crippen LogP contribution in [-0.2, 0) is 6.18 Å². The molecular formula is C8H5BrClF3. The van der Waals surface area contributed by atoms with Crippen LogP contribution < -0.4 is 0 Å². The minimum Gasteiger partial charge on any atom is -0.166 e. The molecule has 0 saturated carbocycles. The topological polar surface area (TPSA) is 0 Å². The summed E-state index contributed by atoms with van der Waals surface area (Å²) in [7, 11) is 0. The first kappa shape index (κ1) is 10.9. The molecule has 1 rings (SSSR count). The highest BCUT2D eigenvalue weighted by atomic mass is 79.9. The van der Waals surface area contributed by atoms with Crippen LogP contribution in [0.25, 0.3) is 0 Å². The van der Waals surface area contributed by atoms with Gasteiger partial charge in [0, 0.05) is 9.50 Å². The van der Waals surface area contributed by atoms with Crippen molar-refractivity contribution in [2.45, 2.75) is 13.1 Å². The van der Waals surface area contributed by atoms with E-state index in [2.05, 4.69) is 15.9 Å². The zero-order valence-corrected chi connectivity index (χ0v) is 8.89. The van der Waals surface area contributed by atoms with Crippen molar-refractivity contribution in [1.29, 1.82) is 0 Å². The standard InChI is InChI=1S/C8H5BrClF3/c1-4-6(10)3-2-5(9)7(4)8(11,12)13/h2-3H,1H3. The second-order valence-electron chi connectivity index (χ2n) is 2.53. The largest absolute Gasteiger partial charge is 0.417 e. The third-order valence-electron chi connectivity index (χ3n) is 1.63. The van der Waals surface area contributed by atoms with Gasteiger partial charge in [-0.3, -0.25) is 0 Å². The third-order valence-corrected chi connectivity index (χ3v) is 2.70. The second kappa shape index (κ2) is 3.50. The highest BCUT2D eigenvalue weighted by molar-refractivity contribution is 9.10. The molecule has 72 valence electrons. The fourth-order valence-electron chi connectivity index (χ4n) is 1.00. The summed E-state index contributed by atoms with van der Waals surface area (Å²) in [6.07, 6.45) is -4.37. The van der Waals surface area contributed by atoms with Crippen LogP contribution in [0.2, 0.25) is 5.02 Å². The van der Waals surface area contributed by atoms with Crippen LogP contribution in [0.1, 0.15) is 11.1 Å². The van der Waals surface area contributed by atoms with Crippen LogP contribution in [-0.4, -0.2) is 0 Å². The Balaban J connectivity index is 3.43. The first-order valence-corrected chi connectivity index (χ1v) is 4.53. The summed E-state index contributed by atoms with van der Waals surface area (Å²) >= 11 is 8.41. The lowest BCUT2D eigenvalue weighted by Gasteiger charge is -2.12. The van der Waals surface area contributed by atoms with Gasteiger partial charge in [-0.15, -0.1) is 0 Å². The number of rotatable bonds is 0. The van der Waals surface area contributed by atoms with Gasteiger partial charge in [0.05, 0.1) is 5.56 Å². The maximum absolute atomic E-state index is 12.4. The maximum atomic E-state index is 12.4. The molecule has 0 aliphatic rings. The molecule has 1 aromatic carbocycles. The van der Waals surface area contributed by atoms with Gasteiger partial charge in [0.15, 0.2) is 0 Å². The van der Waals surface area contributed by atoms with Gasteiger partial charge < -0.3 is 0 Å². The Morgan fingerprint density at radius 3 is 2.23 bits per heavy atom. The lowest BCUT2D eigenvalue weighted by Crippen LogP contribution is -2.08. The van der Waals surface area contributed by atoms with Gasteiger partial charge in [-0.25, -0.2) is 0 Å². The van der Waals surface area contributed by atoms with E-state index in [9.17, 15) is 13.2 Å². The van der Waals surface area contributed by atoms with E-state index in [0.717, 1.165) is 0 Å². The van der Waals surface area contributed by atoms with Gasteiger partial charge in [0.25, 0.3) is 0 Å². The van der Waals surface area contributed by atoms with Gasteiger partial charge in [0.2, 0.25) is 0 Å². The van der Waals surface area contributed by atoms with Gasteiger partial charge >= 0.3 is 6.18 Å². The molecule has 1 aromatic rings. The molecule has 13 heavy (non-hydrogen) atoms. The van der Waals surface area contributed by atoms with Crippen LogP contribution in [0.5, 0.6) is 0 Å². The summed E-state index contributed by atoms with van der Waals surface area (Å²) in [6, 6.07) is 2.72. The lowest BCUT2D eigenvalue weighted by molar-refractivity contribution is -0.138. The number of alkyl halides is 3. The van der Waals surface area contributed by atoms with Crippen molar-refractivity contribution in [3.63, 3.8) is 0 Å². The predicted molar refractivity (Wildman–Crippen MR) is 48.9 cm³/mol. The Hall–Kier alpha value is -0.220. The lowest BCUT2D eigenvalue weighted by atomic mass is 10.1. The molecule has 0 heterocycles. The third kappa shape index (κ3) is 2.17. The first-order chi connectivity index (χ1) is 5.84. The SMILES string of the molecule is Cc1c(Cl)ccc(Br)c1C(F)(F)F. The molecule has 5 heteroatoms. The number of benzene rings is 1. The van der Waals surface area contributed by atoms with E-state index in [0.29, 0.717) is 0 Å². The van der Waals surface area contributed by atoms with Crippen molar-refractivity contribution < 1.29 is 13.2 Å². The van der Waals surface area contributed by atoms with Crippen molar-refractivity contribution in [3.8, 4) is 0 Å². The van der Waals surface area contributed by atoms with Gasteiger partial charge in [-0.1, -0.05) is 27.5 Å². The average molecular weight is 273 g/mol. The fraction of sp³-hybridized carbons (Fsp3) is 0.250. The van der Waals surface area contributed by atoms with Crippen LogP contribution in [0.3, 0.4) is 0 Å². The predicted octanol–water partition coefficient (Wildman–Crippen LogP) is 4.43. The van der Waals surface area contributed by atoms with E-state index in [1.165, 1.54) is 19.1 Å². The minimum absolute atomic E-state index is 0.0156. The van der Waals surface area contributed by atoms with Crippen LogP contribution in [0.4, 0.5) is 13.2 Å². The Morgan fingerprint density at radius 2 is 1.85 bits per heavy atom. The van der Waals surface area contributed by atoms with E-state index in [-0.39, 0.29) is 15.1 Å². The Morgan fingerprint density at radius 1 is 1.31 bits per heavy atom. The monoisotopic (exact) mass is 272 g/mol. The zero-order chi connectivity index (χ0) is 10.2. The molecule has 0 amide bonds. The quantitative estimate of drug-likeness (QED) is 0.656. The van der Waals surface area contributed by atoms with Gasteiger partial charge in [-0.05, 0) is 24.6 Å². The van der Waals surface area contributed by atoms with Crippen LogP contribution in [0, 0.1) is 6.92 Å². The molecule has 0 nitrogen and oxygen atoms in total. The molecule has 0 unspecified atom stereocenters. The summed E-state index contributed by atoms with van der Waals surface area (Å²) in [5, 5.41) is 0.121. The van der Waals surface area contributed by atoms with E-state index in [4.69, 9.17) is 11.6 Å². The molecule has 0 atom stereocenters. The highest BCUT2D eigenvalue weighted by Crippen LogP contribution is 2.39. The molecule has 0 N–H and O–H groups in total. The van der Waals surface area contributed by atoms with Crippen molar-refractivity contribution in [3.05, 3.63) is 32.8 Å². The number of hydrogen-bond acceptors (Lipinski definition) is 0. The second-order valence-corrected chi connectivity index (χ2v) is 3.79. The summed E-state index contributed by atoms with van der Waals surface area (Å²) in [4.78, 5) is 0. The van der Waals surface area contributed by atoms with Gasteiger partial charge in [-0.2, -0.15) is 13.2 Å². The molecule has 0 bridgehead atoms. The summed E-state index contributed by atoms with van der Waals surface area (Å²) in [5.41, 5.74) is -0.663. The minimum atomic E-state index is -4.37. The molecule has 0 radical (unpaired) electrons. The van der Waals surface area contributed by atoms with E-state index >= 15 is 0 Å². The summed E-state index contributed by atoms with van der Waals surface area (Å²) in [6.45, 7) is 1.34. The van der Waals surface area contributed by atoms with E-state index < -0.39 is 11.7 Å². The normalized spacial score (nSPS) is 11.8. The van der Waals surface area contributed by atoms with Crippen LogP contribution >= 0.6 is 27.5 Å². The summed E-state index contributed by atoms with van der Waals surface area (Å²) in [5.74, 6) is 0. The molecule has 0 fully saturated rings. The molecule has 0 spiro atoms. The van der Waals surface area contributed by atoms with Crippen molar-refractivity contribution in [2.75, 3.05) is 0 Å². The smallest absolute Gasteiger partial charge is 0.166 e. The van der Waals surface area contributed by atoms with E-state index in [1.807, 2.05) is 0 Å². The number of hydrogen-bond donors (Lipinski definition) is 0. The van der Waals surface area contributed by atoms with Crippen molar-refractivity contribution in [2.24, 2.45) is 0 Å². The molecule has 0 aliphatic carbocycles. The van der Waals surface area contributed by atoms with E-state index in [1.54, 1.807) is 0 Å². The number of halogens is 5. The molecular weight excluding hydrogens is 268 g/mol. The van der Waals surface area contributed by atoms with Crippen molar-refractivity contribution in [1.82, 2.24) is 0 Å². The van der Waals surface area contributed by atoms with Crippen LogP contribution in [0.15, 0.2) is 16.6 Å². The molecule has 0 aliphatic heterocycles. The molecule has 0 aromatic heterocycles. The first-order valence-electron chi connectivity index (χ1n) is 3.36. The Kier molecular flexibility index (Phi) is 2.92. The highest BCUT2D eigenvalue weighted by Gasteiger charge is 2.35. The van der Waals surface area contributed by atoms with Crippen molar-refractivity contribution >= 4 is 27.5 Å². The molecule has 0 saturated heterocycles.